The zero-order valence-corrected chi connectivity index (χ0v) is 8.45. The van der Waals surface area contributed by atoms with Crippen molar-refractivity contribution in [2.24, 2.45) is 11.8 Å². The van der Waals surface area contributed by atoms with Crippen LogP contribution in [0.3, 0.4) is 0 Å². The molecule has 0 aromatic carbocycles. The second-order valence-electron chi connectivity index (χ2n) is 4.18. The van der Waals surface area contributed by atoms with Crippen molar-refractivity contribution in [3.05, 3.63) is 11.6 Å². The first kappa shape index (κ1) is 9.22. The summed E-state index contributed by atoms with van der Waals surface area (Å²) >= 11 is 0. The Morgan fingerprint density at radius 1 is 1.31 bits per heavy atom. The van der Waals surface area contributed by atoms with E-state index in [0.717, 1.165) is 13.2 Å². The first-order valence-corrected chi connectivity index (χ1v) is 5.18. The summed E-state index contributed by atoms with van der Waals surface area (Å²) in [5.41, 5.74) is 1.52. The number of allylic oxidation sites excluding steroid dienone is 2. The molecule has 1 saturated heterocycles. The van der Waals surface area contributed by atoms with Crippen LogP contribution < -0.4 is 0 Å². The summed E-state index contributed by atoms with van der Waals surface area (Å²) in [6, 6.07) is 0. The van der Waals surface area contributed by atoms with Gasteiger partial charge < -0.3 is 9.47 Å². The van der Waals surface area contributed by atoms with Gasteiger partial charge in [0.1, 0.15) is 0 Å². The number of ether oxygens (including phenoxy) is 2. The van der Waals surface area contributed by atoms with E-state index in [1.165, 1.54) is 18.4 Å². The van der Waals surface area contributed by atoms with Crippen LogP contribution in [-0.4, -0.2) is 19.5 Å². The van der Waals surface area contributed by atoms with Crippen LogP contribution in [0.5, 0.6) is 0 Å². The van der Waals surface area contributed by atoms with Crippen molar-refractivity contribution in [1.29, 1.82) is 0 Å². The smallest absolute Gasteiger partial charge is 0.161 e. The van der Waals surface area contributed by atoms with Crippen LogP contribution in [0.25, 0.3) is 0 Å². The minimum Gasteiger partial charge on any atom is -0.350 e. The van der Waals surface area contributed by atoms with Crippen molar-refractivity contribution < 1.29 is 9.47 Å². The molecule has 2 nitrogen and oxygen atoms in total. The van der Waals surface area contributed by atoms with Gasteiger partial charge in [-0.1, -0.05) is 18.6 Å². The summed E-state index contributed by atoms with van der Waals surface area (Å²) in [5, 5.41) is 0. The van der Waals surface area contributed by atoms with Crippen LogP contribution in [0.4, 0.5) is 0 Å². The molecule has 2 atom stereocenters. The minimum atomic E-state index is 0.0688. The van der Waals surface area contributed by atoms with E-state index in [9.17, 15) is 0 Å². The summed E-state index contributed by atoms with van der Waals surface area (Å²) in [7, 11) is 0. The van der Waals surface area contributed by atoms with E-state index >= 15 is 0 Å². The van der Waals surface area contributed by atoms with Crippen molar-refractivity contribution in [3.63, 3.8) is 0 Å². The van der Waals surface area contributed by atoms with Crippen molar-refractivity contribution in [1.82, 2.24) is 0 Å². The normalized spacial score (nSPS) is 36.3. The average molecular weight is 182 g/mol. The summed E-state index contributed by atoms with van der Waals surface area (Å²) in [6.07, 6.45) is 4.85. The Balaban J connectivity index is 2.00. The highest BCUT2D eigenvalue weighted by molar-refractivity contribution is 5.06. The fraction of sp³-hybridized carbons (Fsp3) is 0.818. The minimum absolute atomic E-state index is 0.0688. The Labute approximate surface area is 79.9 Å². The molecular weight excluding hydrogens is 164 g/mol. The Kier molecular flexibility index (Phi) is 2.70. The van der Waals surface area contributed by atoms with Crippen LogP contribution in [0.15, 0.2) is 11.6 Å². The molecule has 0 unspecified atom stereocenters. The van der Waals surface area contributed by atoms with E-state index in [0.29, 0.717) is 11.8 Å². The van der Waals surface area contributed by atoms with Gasteiger partial charge in [-0.05, 0) is 25.7 Å². The predicted molar refractivity (Wildman–Crippen MR) is 51.3 cm³/mol. The molecule has 0 radical (unpaired) electrons. The Hall–Kier alpha value is -0.340. The molecule has 0 bridgehead atoms. The van der Waals surface area contributed by atoms with Crippen molar-refractivity contribution in [2.45, 2.75) is 33.0 Å². The maximum Gasteiger partial charge on any atom is 0.161 e. The van der Waals surface area contributed by atoms with Gasteiger partial charge in [-0.3, -0.25) is 0 Å². The molecule has 0 aromatic rings. The van der Waals surface area contributed by atoms with Crippen LogP contribution >= 0.6 is 0 Å². The molecule has 1 heterocycles. The first-order chi connectivity index (χ1) is 6.27. The average Bonchev–Trinajstić information content (AvgIpc) is 2.56. The molecule has 0 N–H and O–H groups in total. The summed E-state index contributed by atoms with van der Waals surface area (Å²) in [4.78, 5) is 0. The number of rotatable bonds is 1. The Morgan fingerprint density at radius 3 is 2.62 bits per heavy atom. The lowest BCUT2D eigenvalue weighted by Crippen LogP contribution is -2.28. The van der Waals surface area contributed by atoms with Gasteiger partial charge in [0.25, 0.3) is 0 Å². The number of hydrogen-bond donors (Lipinski definition) is 0. The molecule has 1 aliphatic carbocycles. The second-order valence-corrected chi connectivity index (χ2v) is 4.18. The Bertz CT molecular complexity index is 204. The van der Waals surface area contributed by atoms with Crippen molar-refractivity contribution in [2.75, 3.05) is 13.2 Å². The maximum atomic E-state index is 5.55. The van der Waals surface area contributed by atoms with Crippen molar-refractivity contribution in [3.8, 4) is 0 Å². The molecule has 13 heavy (non-hydrogen) atoms. The van der Waals surface area contributed by atoms with Crippen molar-refractivity contribution >= 4 is 0 Å². The third kappa shape index (κ3) is 1.94. The molecule has 74 valence electrons. The summed E-state index contributed by atoms with van der Waals surface area (Å²) < 4.78 is 11.1. The van der Waals surface area contributed by atoms with Gasteiger partial charge in [-0.15, -0.1) is 0 Å². The van der Waals surface area contributed by atoms with Gasteiger partial charge in [0.05, 0.1) is 13.2 Å². The summed E-state index contributed by atoms with van der Waals surface area (Å²) in [5.74, 6) is 1.18. The van der Waals surface area contributed by atoms with E-state index in [4.69, 9.17) is 9.47 Å². The lowest BCUT2D eigenvalue weighted by molar-refractivity contribution is -0.0962. The molecule has 2 rings (SSSR count). The standard InChI is InChI=1S/C11H18O2/c1-8-3-4-10(9(2)7-8)11-12-5-6-13-11/h7,9-11H,3-6H2,1-2H3/t9-,10+/m1/s1. The number of hydrogen-bond acceptors (Lipinski definition) is 2. The zero-order chi connectivity index (χ0) is 9.26. The SMILES string of the molecule is CC1=C[C@@H](C)[C@@H](C2OCCO2)CC1. The van der Waals surface area contributed by atoms with E-state index in [-0.39, 0.29) is 6.29 Å². The Morgan fingerprint density at radius 2 is 2.00 bits per heavy atom. The highest BCUT2D eigenvalue weighted by Gasteiger charge is 2.31. The van der Waals surface area contributed by atoms with E-state index < -0.39 is 0 Å². The van der Waals surface area contributed by atoms with Crippen LogP contribution in [0, 0.1) is 11.8 Å². The highest BCUT2D eigenvalue weighted by atomic mass is 16.7. The molecular formula is C11H18O2. The van der Waals surface area contributed by atoms with E-state index in [1.807, 2.05) is 0 Å². The van der Waals surface area contributed by atoms with Gasteiger partial charge in [0, 0.05) is 5.92 Å². The molecule has 1 fully saturated rings. The highest BCUT2D eigenvalue weighted by Crippen LogP contribution is 2.33. The van der Waals surface area contributed by atoms with E-state index in [2.05, 4.69) is 19.9 Å². The molecule has 2 heteroatoms. The summed E-state index contributed by atoms with van der Waals surface area (Å²) in [6.45, 7) is 6.02. The van der Waals surface area contributed by atoms with E-state index in [1.54, 1.807) is 0 Å². The van der Waals surface area contributed by atoms with Crippen LogP contribution in [0.2, 0.25) is 0 Å². The largest absolute Gasteiger partial charge is 0.350 e. The van der Waals surface area contributed by atoms with Gasteiger partial charge in [-0.2, -0.15) is 0 Å². The van der Waals surface area contributed by atoms with Crippen LogP contribution in [0.1, 0.15) is 26.7 Å². The molecule has 0 aromatic heterocycles. The fourth-order valence-electron chi connectivity index (χ4n) is 2.32. The monoisotopic (exact) mass is 182 g/mol. The third-order valence-electron chi connectivity index (χ3n) is 3.09. The molecule has 0 saturated carbocycles. The predicted octanol–water partition coefficient (Wildman–Crippen LogP) is 2.35. The quantitative estimate of drug-likeness (QED) is 0.579. The second kappa shape index (κ2) is 3.81. The van der Waals surface area contributed by atoms with Crippen LogP contribution in [-0.2, 0) is 9.47 Å². The van der Waals surface area contributed by atoms with Gasteiger partial charge in [0.2, 0.25) is 0 Å². The molecule has 0 spiro atoms. The molecule has 2 aliphatic rings. The lowest BCUT2D eigenvalue weighted by Gasteiger charge is -2.30. The fourth-order valence-corrected chi connectivity index (χ4v) is 2.32. The van der Waals surface area contributed by atoms with Gasteiger partial charge in [-0.25, -0.2) is 0 Å². The topological polar surface area (TPSA) is 18.5 Å². The molecule has 0 amide bonds. The third-order valence-corrected chi connectivity index (χ3v) is 3.09. The first-order valence-electron chi connectivity index (χ1n) is 5.18. The van der Waals surface area contributed by atoms with Gasteiger partial charge in [0.15, 0.2) is 6.29 Å². The lowest BCUT2D eigenvalue weighted by atomic mass is 9.82. The maximum absolute atomic E-state index is 5.55. The van der Waals surface area contributed by atoms with Gasteiger partial charge >= 0.3 is 0 Å². The molecule has 1 aliphatic heterocycles. The zero-order valence-electron chi connectivity index (χ0n) is 8.45.